The van der Waals surface area contributed by atoms with Gasteiger partial charge in [-0.3, -0.25) is 0 Å². The molecule has 0 atom stereocenters. The molecule has 0 aliphatic heterocycles. The Balaban J connectivity index is 1.26. The quantitative estimate of drug-likeness (QED) is 0.163. The summed E-state index contributed by atoms with van der Waals surface area (Å²) >= 11 is 0. The van der Waals surface area contributed by atoms with Gasteiger partial charge in [-0.05, 0) is 104 Å². The lowest BCUT2D eigenvalue weighted by Crippen LogP contribution is -2.16. The van der Waals surface area contributed by atoms with Gasteiger partial charge in [0.15, 0.2) is 0 Å². The third kappa shape index (κ3) is 6.77. The summed E-state index contributed by atoms with van der Waals surface area (Å²) in [5.74, 6) is 0. The second-order valence-electron chi connectivity index (χ2n) is 18.7. The largest absolute Gasteiger partial charge is 0.309 e. The Hall–Kier alpha value is -6.90. The van der Waals surface area contributed by atoms with E-state index in [0.717, 1.165) is 22.7 Å². The Labute approximate surface area is 360 Å². The van der Waals surface area contributed by atoms with Gasteiger partial charge in [0.2, 0.25) is 0 Å². The maximum absolute atomic E-state index is 2.49. The van der Waals surface area contributed by atoms with Crippen LogP contribution in [0.1, 0.15) is 58.2 Å². The number of aromatic nitrogens is 1. The van der Waals surface area contributed by atoms with Crippen LogP contribution in [0.25, 0.3) is 71.3 Å². The number of rotatable bonds is 6. The summed E-state index contributed by atoms with van der Waals surface area (Å²) in [6.45, 7) is 16.1. The standard InChI is InChI=1S/C59H52N2/c1-39-29-31-45(32-30-39)60-54-26-12-10-22-49(54)51-34-33-46(38-56(51)60)61(53-28-16-18-40-17-8-9-21-47(40)53)55-27-13-11-23-50(55)52-25-15-20-41-19-14-24-48(57(41)52)42-35-43(58(2,3)4)37-44(36-42)59(5,6)7/h8-38H,1-7H3. The Morgan fingerprint density at radius 1 is 0.410 bits per heavy atom. The molecule has 0 aliphatic rings. The van der Waals surface area contributed by atoms with Crippen LogP contribution >= 0.6 is 0 Å². The number of hydrogen-bond acceptors (Lipinski definition) is 1. The second kappa shape index (κ2) is 14.7. The van der Waals surface area contributed by atoms with E-state index in [4.69, 9.17) is 0 Å². The molecule has 1 heterocycles. The van der Waals surface area contributed by atoms with E-state index in [2.05, 4.69) is 246 Å². The molecule has 0 amide bonds. The lowest BCUT2D eigenvalue weighted by Gasteiger charge is -2.30. The summed E-state index contributed by atoms with van der Waals surface area (Å²) in [6.07, 6.45) is 0. The summed E-state index contributed by atoms with van der Waals surface area (Å²) in [5, 5.41) is 7.37. The fourth-order valence-electron chi connectivity index (χ4n) is 9.23. The van der Waals surface area contributed by atoms with Crippen molar-refractivity contribution in [2.45, 2.75) is 59.3 Å². The van der Waals surface area contributed by atoms with Gasteiger partial charge in [-0.25, -0.2) is 0 Å². The van der Waals surface area contributed by atoms with Gasteiger partial charge < -0.3 is 9.47 Å². The van der Waals surface area contributed by atoms with Crippen molar-refractivity contribution in [2.75, 3.05) is 4.90 Å². The predicted octanol–water partition coefficient (Wildman–Crippen LogP) is 16.8. The molecule has 0 saturated heterocycles. The van der Waals surface area contributed by atoms with Crippen molar-refractivity contribution in [1.82, 2.24) is 4.57 Å². The van der Waals surface area contributed by atoms with Crippen LogP contribution in [0.15, 0.2) is 188 Å². The van der Waals surface area contributed by atoms with Gasteiger partial charge in [-0.1, -0.05) is 193 Å². The van der Waals surface area contributed by atoms with Crippen LogP contribution < -0.4 is 4.90 Å². The molecule has 9 aromatic carbocycles. The molecule has 10 rings (SSSR count). The molecule has 0 spiro atoms. The van der Waals surface area contributed by atoms with Crippen molar-refractivity contribution in [1.29, 1.82) is 0 Å². The third-order valence-electron chi connectivity index (χ3n) is 12.5. The summed E-state index contributed by atoms with van der Waals surface area (Å²) in [6, 6.07) is 70.1. The van der Waals surface area contributed by atoms with Crippen LogP contribution in [0.4, 0.5) is 17.1 Å². The lowest BCUT2D eigenvalue weighted by molar-refractivity contribution is 0.569. The van der Waals surface area contributed by atoms with E-state index in [-0.39, 0.29) is 10.8 Å². The Morgan fingerprint density at radius 3 is 1.70 bits per heavy atom. The summed E-state index contributed by atoms with van der Waals surface area (Å²) in [4.78, 5) is 2.49. The number of aryl methyl sites for hydroxylation is 1. The van der Waals surface area contributed by atoms with Crippen molar-refractivity contribution in [3.63, 3.8) is 0 Å². The Bertz CT molecular complexity index is 3230. The highest BCUT2D eigenvalue weighted by atomic mass is 15.1. The molecule has 0 saturated carbocycles. The number of anilines is 3. The zero-order valence-electron chi connectivity index (χ0n) is 36.3. The predicted molar refractivity (Wildman–Crippen MR) is 263 cm³/mol. The lowest BCUT2D eigenvalue weighted by atomic mass is 9.78. The zero-order chi connectivity index (χ0) is 42.0. The van der Waals surface area contributed by atoms with E-state index in [1.165, 1.54) is 82.3 Å². The first kappa shape index (κ1) is 38.3. The first-order chi connectivity index (χ1) is 29.4. The van der Waals surface area contributed by atoms with Crippen molar-refractivity contribution in [3.8, 4) is 27.9 Å². The molecule has 2 nitrogen and oxygen atoms in total. The molecular formula is C59H52N2. The molecular weight excluding hydrogens is 737 g/mol. The van der Waals surface area contributed by atoms with Gasteiger partial charge in [0, 0.05) is 33.1 Å². The van der Waals surface area contributed by atoms with Crippen LogP contribution in [-0.4, -0.2) is 4.57 Å². The monoisotopic (exact) mass is 788 g/mol. The van der Waals surface area contributed by atoms with Gasteiger partial charge >= 0.3 is 0 Å². The minimum atomic E-state index is 0.00123. The summed E-state index contributed by atoms with van der Waals surface area (Å²) in [5.41, 5.74) is 15.7. The molecule has 10 aromatic rings. The number of para-hydroxylation sites is 2. The van der Waals surface area contributed by atoms with E-state index in [1.807, 2.05) is 0 Å². The fourth-order valence-corrected chi connectivity index (χ4v) is 9.23. The van der Waals surface area contributed by atoms with Crippen LogP contribution in [0.2, 0.25) is 0 Å². The van der Waals surface area contributed by atoms with Gasteiger partial charge in [-0.15, -0.1) is 0 Å². The van der Waals surface area contributed by atoms with E-state index >= 15 is 0 Å². The van der Waals surface area contributed by atoms with Gasteiger partial charge in [0.05, 0.1) is 22.4 Å². The normalized spacial score (nSPS) is 12.2. The maximum Gasteiger partial charge on any atom is 0.0561 e. The number of nitrogens with zero attached hydrogens (tertiary/aromatic N) is 2. The van der Waals surface area contributed by atoms with E-state index in [0.29, 0.717) is 0 Å². The number of fused-ring (bicyclic) bond motifs is 5. The van der Waals surface area contributed by atoms with Crippen molar-refractivity contribution >= 4 is 60.4 Å². The van der Waals surface area contributed by atoms with Crippen molar-refractivity contribution in [2.24, 2.45) is 0 Å². The summed E-state index contributed by atoms with van der Waals surface area (Å²) in [7, 11) is 0. The molecule has 0 fully saturated rings. The maximum atomic E-state index is 2.49. The second-order valence-corrected chi connectivity index (χ2v) is 18.7. The van der Waals surface area contributed by atoms with Crippen LogP contribution in [0, 0.1) is 6.92 Å². The molecule has 0 radical (unpaired) electrons. The average molecular weight is 789 g/mol. The Morgan fingerprint density at radius 2 is 0.967 bits per heavy atom. The molecule has 0 N–H and O–H groups in total. The fraction of sp³-hybridized carbons (Fsp3) is 0.153. The molecule has 1 aromatic heterocycles. The zero-order valence-corrected chi connectivity index (χ0v) is 36.3. The minimum Gasteiger partial charge on any atom is -0.309 e. The van der Waals surface area contributed by atoms with Crippen LogP contribution in [0.3, 0.4) is 0 Å². The number of benzene rings is 9. The average Bonchev–Trinajstić information content (AvgIpc) is 3.59. The van der Waals surface area contributed by atoms with E-state index in [9.17, 15) is 0 Å². The summed E-state index contributed by atoms with van der Waals surface area (Å²) < 4.78 is 2.43. The number of hydrogen-bond donors (Lipinski definition) is 0. The highest BCUT2D eigenvalue weighted by Gasteiger charge is 2.25. The van der Waals surface area contributed by atoms with Crippen molar-refractivity contribution < 1.29 is 0 Å². The van der Waals surface area contributed by atoms with Crippen LogP contribution in [0.5, 0.6) is 0 Å². The van der Waals surface area contributed by atoms with E-state index < -0.39 is 0 Å². The Kier molecular flexibility index (Phi) is 9.22. The third-order valence-corrected chi connectivity index (χ3v) is 12.5. The molecule has 0 aliphatic carbocycles. The van der Waals surface area contributed by atoms with E-state index in [1.54, 1.807) is 0 Å². The van der Waals surface area contributed by atoms with Crippen molar-refractivity contribution in [3.05, 3.63) is 205 Å². The minimum absolute atomic E-state index is 0.00123. The molecule has 0 unspecified atom stereocenters. The first-order valence-electron chi connectivity index (χ1n) is 21.6. The molecule has 0 bridgehead atoms. The highest BCUT2D eigenvalue weighted by molar-refractivity contribution is 6.12. The van der Waals surface area contributed by atoms with Gasteiger partial charge in [0.25, 0.3) is 0 Å². The first-order valence-corrected chi connectivity index (χ1v) is 21.6. The van der Waals surface area contributed by atoms with Gasteiger partial charge in [-0.2, -0.15) is 0 Å². The highest BCUT2D eigenvalue weighted by Crippen LogP contribution is 2.48. The molecule has 298 valence electrons. The smallest absolute Gasteiger partial charge is 0.0561 e. The SMILES string of the molecule is Cc1ccc(-n2c3ccccc3c3ccc(N(c4ccccc4-c4cccc5cccc(-c6cc(C(C)(C)C)cc(C(C)(C)C)c6)c45)c4cccc5ccccc45)cc32)cc1. The molecule has 2 heteroatoms. The van der Waals surface area contributed by atoms with Gasteiger partial charge in [0.1, 0.15) is 0 Å². The molecule has 61 heavy (non-hydrogen) atoms. The van der Waals surface area contributed by atoms with Crippen LogP contribution in [-0.2, 0) is 10.8 Å². The topological polar surface area (TPSA) is 8.17 Å².